The minimum absolute atomic E-state index is 0.0798. The number of aromatic nitrogens is 2. The summed E-state index contributed by atoms with van der Waals surface area (Å²) in [4.78, 5) is 31.2. The number of hydrogen-bond acceptors (Lipinski definition) is 6. The van der Waals surface area contributed by atoms with E-state index in [0.717, 1.165) is 87.0 Å². The van der Waals surface area contributed by atoms with E-state index in [1.807, 2.05) is 6.20 Å². The molecular formula is C41H57N5O4. The van der Waals surface area contributed by atoms with Crippen LogP contribution in [0.1, 0.15) is 100 Å². The summed E-state index contributed by atoms with van der Waals surface area (Å²) in [5.74, 6) is 2.04. The predicted molar refractivity (Wildman–Crippen MR) is 199 cm³/mol. The van der Waals surface area contributed by atoms with Crippen molar-refractivity contribution in [3.8, 4) is 16.9 Å². The summed E-state index contributed by atoms with van der Waals surface area (Å²) in [6.07, 6.45) is 15.3. The van der Waals surface area contributed by atoms with Crippen molar-refractivity contribution < 1.29 is 19.1 Å². The number of benzene rings is 2. The molecule has 0 aliphatic heterocycles. The van der Waals surface area contributed by atoms with Crippen molar-refractivity contribution in [3.63, 3.8) is 0 Å². The Morgan fingerprint density at radius 2 is 1.70 bits per heavy atom. The number of carbonyl (C=O) groups excluding carboxylic acids is 2. The van der Waals surface area contributed by atoms with Gasteiger partial charge in [-0.15, -0.1) is 0 Å². The Balaban J connectivity index is 1.09. The predicted octanol–water partition coefficient (Wildman–Crippen LogP) is 8.14. The highest BCUT2D eigenvalue weighted by atomic mass is 16.6. The number of carbonyl (C=O) groups is 2. The van der Waals surface area contributed by atoms with Crippen molar-refractivity contribution in [2.45, 2.75) is 102 Å². The number of ether oxygens (including phenoxy) is 2. The van der Waals surface area contributed by atoms with E-state index in [-0.39, 0.29) is 24.0 Å². The lowest BCUT2D eigenvalue weighted by Gasteiger charge is -2.36. The lowest BCUT2D eigenvalue weighted by atomic mass is 9.78. The Morgan fingerprint density at radius 1 is 0.920 bits per heavy atom. The number of aryl methyl sites for hydroxylation is 1. The number of unbranched alkanes of at least 4 members (excludes halogenated alkanes) is 1. The molecule has 3 aromatic rings. The maximum absolute atomic E-state index is 14.5. The first-order valence-electron chi connectivity index (χ1n) is 19.0. The molecule has 3 saturated carbocycles. The Labute approximate surface area is 298 Å². The largest absolute Gasteiger partial charge is 0.496 e. The van der Waals surface area contributed by atoms with Crippen LogP contribution in [0.4, 0.5) is 10.5 Å². The van der Waals surface area contributed by atoms with Crippen molar-refractivity contribution in [1.82, 2.24) is 20.0 Å². The standard InChI is InChI=1S/C41H57N5O4/c1-29-24-34(16-21-39(29)49-4)31-12-10-30(11-13-31)27-45(37-9-7-8-33(25-37)35-26-43-46(28-35)36-17-18-36)40(47)32-14-19-38(20-15-32)50-41(48)42-22-5-6-23-44(2)3/h7-9,16,21,24-26,28,30-32,36,38H,5-6,10-15,17-20,22-23,27H2,1-4H3,(H,42,48)/t30-,31-,32-,38-. The van der Waals surface area contributed by atoms with E-state index in [1.54, 1.807) is 7.11 Å². The van der Waals surface area contributed by atoms with E-state index in [1.165, 1.54) is 24.0 Å². The fraction of sp³-hybridized carbons (Fsp3) is 0.585. The third-order valence-corrected chi connectivity index (χ3v) is 11.1. The summed E-state index contributed by atoms with van der Waals surface area (Å²) in [6.45, 7) is 4.47. The van der Waals surface area contributed by atoms with Crippen molar-refractivity contribution >= 4 is 17.7 Å². The van der Waals surface area contributed by atoms with Gasteiger partial charge in [0.1, 0.15) is 11.9 Å². The van der Waals surface area contributed by atoms with Gasteiger partial charge in [-0.3, -0.25) is 9.48 Å². The second-order valence-electron chi connectivity index (χ2n) is 15.2. The first kappa shape index (κ1) is 36.0. The SMILES string of the molecule is COc1ccc([C@H]2CC[C@H](CN(c3cccc(-c4cnn(C5CC5)c4)c3)C(=O)[C@H]3CC[C@H](OC(=O)NCCCCN(C)C)CC3)CC2)cc1C. The van der Waals surface area contributed by atoms with E-state index in [4.69, 9.17) is 9.47 Å². The van der Waals surface area contributed by atoms with Gasteiger partial charge in [0.2, 0.25) is 5.91 Å². The topological polar surface area (TPSA) is 88.9 Å². The third kappa shape index (κ3) is 9.47. The van der Waals surface area contributed by atoms with Crippen LogP contribution in [-0.2, 0) is 9.53 Å². The van der Waals surface area contributed by atoms with Crippen LogP contribution >= 0.6 is 0 Å². The molecule has 0 radical (unpaired) electrons. The Morgan fingerprint density at radius 3 is 2.40 bits per heavy atom. The molecule has 9 nitrogen and oxygen atoms in total. The minimum Gasteiger partial charge on any atom is -0.496 e. The Kier molecular flexibility index (Phi) is 12.2. The van der Waals surface area contributed by atoms with Gasteiger partial charge in [-0.1, -0.05) is 24.3 Å². The molecule has 0 spiro atoms. The molecule has 3 aliphatic rings. The summed E-state index contributed by atoms with van der Waals surface area (Å²) in [6, 6.07) is 15.6. The molecule has 3 fully saturated rings. The maximum atomic E-state index is 14.5. The average molecular weight is 684 g/mol. The van der Waals surface area contributed by atoms with Gasteiger partial charge in [0.25, 0.3) is 0 Å². The first-order valence-corrected chi connectivity index (χ1v) is 19.0. The van der Waals surface area contributed by atoms with E-state index >= 15 is 0 Å². The molecule has 2 aromatic carbocycles. The van der Waals surface area contributed by atoms with Gasteiger partial charge in [0.05, 0.1) is 19.3 Å². The number of nitrogens with zero attached hydrogens (tertiary/aromatic N) is 4. The van der Waals surface area contributed by atoms with Gasteiger partial charge in [-0.25, -0.2) is 4.79 Å². The number of hydrogen-bond donors (Lipinski definition) is 1. The highest BCUT2D eigenvalue weighted by Crippen LogP contribution is 2.40. The van der Waals surface area contributed by atoms with Crippen LogP contribution in [0.15, 0.2) is 54.9 Å². The van der Waals surface area contributed by atoms with Gasteiger partial charge in [0.15, 0.2) is 0 Å². The number of methoxy groups -OCH3 is 1. The van der Waals surface area contributed by atoms with E-state index < -0.39 is 0 Å². The van der Waals surface area contributed by atoms with Crippen molar-refractivity contribution in [1.29, 1.82) is 0 Å². The number of amides is 2. The van der Waals surface area contributed by atoms with Crippen LogP contribution in [0.5, 0.6) is 5.75 Å². The Bertz CT molecular complexity index is 1570. The summed E-state index contributed by atoms with van der Waals surface area (Å²) in [5.41, 5.74) is 5.73. The van der Waals surface area contributed by atoms with Crippen molar-refractivity contribution in [2.75, 3.05) is 45.7 Å². The minimum atomic E-state index is -0.339. The molecular weight excluding hydrogens is 626 g/mol. The average Bonchev–Trinajstić information content (AvgIpc) is 3.86. The molecule has 0 atom stereocenters. The third-order valence-electron chi connectivity index (χ3n) is 11.1. The molecule has 0 unspecified atom stereocenters. The summed E-state index contributed by atoms with van der Waals surface area (Å²) < 4.78 is 13.3. The van der Waals surface area contributed by atoms with Crippen LogP contribution in [0.3, 0.4) is 0 Å². The highest BCUT2D eigenvalue weighted by Gasteiger charge is 2.34. The summed E-state index contributed by atoms with van der Waals surface area (Å²) in [7, 11) is 5.84. The number of alkyl carbamates (subject to hydrolysis) is 1. The second-order valence-corrected chi connectivity index (χ2v) is 15.2. The molecule has 1 heterocycles. The van der Waals surface area contributed by atoms with E-state index in [2.05, 4.69) is 94.6 Å². The first-order chi connectivity index (χ1) is 24.3. The molecule has 1 aromatic heterocycles. The zero-order valence-corrected chi connectivity index (χ0v) is 30.6. The highest BCUT2D eigenvalue weighted by molar-refractivity contribution is 5.95. The van der Waals surface area contributed by atoms with E-state index in [9.17, 15) is 9.59 Å². The fourth-order valence-electron chi connectivity index (χ4n) is 7.88. The van der Waals surface area contributed by atoms with Gasteiger partial charge in [-0.05, 0) is 151 Å². The summed E-state index contributed by atoms with van der Waals surface area (Å²) >= 11 is 0. The monoisotopic (exact) mass is 683 g/mol. The quantitative estimate of drug-likeness (QED) is 0.173. The van der Waals surface area contributed by atoms with Crippen LogP contribution < -0.4 is 15.0 Å². The molecule has 270 valence electrons. The van der Waals surface area contributed by atoms with Gasteiger partial charge in [-0.2, -0.15) is 5.10 Å². The number of nitrogens with one attached hydrogen (secondary N) is 1. The van der Waals surface area contributed by atoms with Gasteiger partial charge < -0.3 is 24.6 Å². The zero-order valence-electron chi connectivity index (χ0n) is 30.6. The van der Waals surface area contributed by atoms with Crippen LogP contribution in [0.2, 0.25) is 0 Å². The van der Waals surface area contributed by atoms with Gasteiger partial charge in [0, 0.05) is 36.5 Å². The molecule has 6 rings (SSSR count). The maximum Gasteiger partial charge on any atom is 0.407 e. The number of anilines is 1. The molecule has 9 heteroatoms. The van der Waals surface area contributed by atoms with Crippen LogP contribution in [0.25, 0.3) is 11.1 Å². The molecule has 3 aliphatic carbocycles. The zero-order chi connectivity index (χ0) is 35.0. The fourth-order valence-corrected chi connectivity index (χ4v) is 7.88. The molecule has 1 N–H and O–H groups in total. The summed E-state index contributed by atoms with van der Waals surface area (Å²) in [5, 5.41) is 7.53. The van der Waals surface area contributed by atoms with Crippen molar-refractivity contribution in [2.24, 2.45) is 11.8 Å². The van der Waals surface area contributed by atoms with Crippen molar-refractivity contribution in [3.05, 3.63) is 66.0 Å². The van der Waals surface area contributed by atoms with E-state index in [0.29, 0.717) is 37.3 Å². The smallest absolute Gasteiger partial charge is 0.407 e. The van der Waals surface area contributed by atoms with Crippen LogP contribution in [0, 0.1) is 18.8 Å². The lowest BCUT2D eigenvalue weighted by Crippen LogP contribution is -2.42. The Hall–Kier alpha value is -3.85. The van der Waals surface area contributed by atoms with Crippen LogP contribution in [-0.4, -0.2) is 73.6 Å². The normalized spacial score (nSPS) is 22.3. The molecule has 0 bridgehead atoms. The van der Waals surface area contributed by atoms with Gasteiger partial charge >= 0.3 is 6.09 Å². The molecule has 2 amide bonds. The lowest BCUT2D eigenvalue weighted by molar-refractivity contribution is -0.124. The number of rotatable bonds is 14. The molecule has 50 heavy (non-hydrogen) atoms. The second kappa shape index (κ2) is 16.9. The molecule has 0 saturated heterocycles.